The number of nitrogens with zero attached hydrogens (tertiary/aromatic N) is 3. The largest absolute Gasteiger partial charge is 0.490 e. The molecule has 4 heterocycles. The third-order valence-electron chi connectivity index (χ3n) is 11.4. The third kappa shape index (κ3) is 9.38. The molecule has 0 saturated carbocycles. The van der Waals surface area contributed by atoms with Gasteiger partial charge in [-0.2, -0.15) is 13.2 Å². The molecule has 3 aromatic carbocycles. The summed E-state index contributed by atoms with van der Waals surface area (Å²) < 4.78 is 63.1. The first-order valence-electron chi connectivity index (χ1n) is 19.2. The second-order valence-corrected chi connectivity index (χ2v) is 15.8. The molecule has 15 heteroatoms. The van der Waals surface area contributed by atoms with Crippen molar-refractivity contribution in [2.75, 3.05) is 32.7 Å². The number of aromatic amines is 1. The van der Waals surface area contributed by atoms with Crippen molar-refractivity contribution in [3.8, 4) is 33.6 Å². The van der Waals surface area contributed by atoms with E-state index in [0.29, 0.717) is 33.3 Å². The number of rotatable bonds is 9. The van der Waals surface area contributed by atoms with E-state index >= 15 is 8.78 Å². The molecular formula is C43H47F5N6O4. The van der Waals surface area contributed by atoms with Gasteiger partial charge in [-0.15, -0.1) is 0 Å². The Balaban J connectivity index is 0.000000743. The third-order valence-corrected chi connectivity index (χ3v) is 11.4. The van der Waals surface area contributed by atoms with Crippen LogP contribution in [0.2, 0.25) is 0 Å². The normalized spacial score (nSPS) is 15.9. The van der Waals surface area contributed by atoms with E-state index in [1.165, 1.54) is 102 Å². The molecule has 0 bridgehead atoms. The summed E-state index contributed by atoms with van der Waals surface area (Å²) in [5.41, 5.74) is 9.62. The lowest BCUT2D eigenvalue weighted by Gasteiger charge is -2.44. The molecule has 5 aromatic rings. The smallest absolute Gasteiger partial charge is 0.475 e. The summed E-state index contributed by atoms with van der Waals surface area (Å²) in [6, 6.07) is 15.8. The number of carboxylic acids is 1. The minimum Gasteiger partial charge on any atom is -0.475 e. The van der Waals surface area contributed by atoms with Gasteiger partial charge in [0.25, 0.3) is 5.91 Å². The fourth-order valence-electron chi connectivity index (χ4n) is 8.10. The number of alkyl halides is 3. The van der Waals surface area contributed by atoms with Gasteiger partial charge in [0.05, 0.1) is 16.9 Å². The van der Waals surface area contributed by atoms with E-state index in [-0.39, 0.29) is 22.3 Å². The molecule has 2 fully saturated rings. The number of likely N-dealkylation sites (tertiary alicyclic amines) is 1. The highest BCUT2D eigenvalue weighted by Crippen LogP contribution is 2.42. The average molecular weight is 807 g/mol. The molecule has 10 nitrogen and oxygen atoms in total. The number of H-pyrrole nitrogens is 1. The number of nitrogens with two attached hydrogens (primary N) is 1. The zero-order valence-electron chi connectivity index (χ0n) is 32.6. The van der Waals surface area contributed by atoms with Gasteiger partial charge in [0.15, 0.2) is 0 Å². The lowest BCUT2D eigenvalue weighted by atomic mass is 9.71. The van der Waals surface area contributed by atoms with Gasteiger partial charge in [0.1, 0.15) is 23.6 Å². The molecule has 6 N–H and O–H groups in total. The van der Waals surface area contributed by atoms with Gasteiger partial charge in [0.2, 0.25) is 0 Å². The topological polar surface area (TPSA) is 157 Å². The standard InChI is InChI=1S/C41H46F2N6O2.C2HF3O2/c1-25-30(35-33(40(2,3)51)11-10-29(36(35)43)38(44)50)21-28(42)22-31(25)37-32-23-34(48-39(32)47-24-46-37)27-8-6-26(7-9-27)5-4-18-49-19-14-41(15-20-49)12-16-45-17-13-41;3-2(4,5)1(6)7/h6-11,21-24,45,51H,4-5,12-20H2,1-3H3,(H2,44,50)(H,46,47,48);(H,6,7). The highest BCUT2D eigenvalue weighted by Gasteiger charge is 2.38. The van der Waals surface area contributed by atoms with E-state index in [0.717, 1.165) is 30.6 Å². The molecule has 1 amide bonds. The van der Waals surface area contributed by atoms with Gasteiger partial charge in [-0.3, -0.25) is 4.79 Å². The molecule has 0 unspecified atom stereocenters. The number of benzene rings is 3. The molecule has 2 saturated heterocycles. The molecule has 1 spiro atoms. The molecule has 308 valence electrons. The SMILES string of the molecule is Cc1c(-c2c(C(C)(C)O)ccc(C(N)=O)c2F)cc(F)cc1-c1ncnc2[nH]c(-c3ccc(CCCN4CCC5(CCNCC5)CC4)cc3)cc12.O=C(O)C(F)(F)F. The number of piperidine rings is 2. The number of aliphatic hydroxyl groups is 1. The molecule has 2 aromatic heterocycles. The van der Waals surface area contributed by atoms with Crippen LogP contribution >= 0.6 is 0 Å². The maximum Gasteiger partial charge on any atom is 0.490 e. The average Bonchev–Trinajstić information content (AvgIpc) is 3.61. The fourth-order valence-corrected chi connectivity index (χ4v) is 8.10. The second kappa shape index (κ2) is 16.9. The fraction of sp³-hybridized carbons (Fsp3) is 0.395. The number of hydrogen-bond acceptors (Lipinski definition) is 7. The summed E-state index contributed by atoms with van der Waals surface area (Å²) in [6.07, 6.45) is 3.78. The molecular weight excluding hydrogens is 760 g/mol. The Morgan fingerprint density at radius 3 is 2.17 bits per heavy atom. The first-order valence-corrected chi connectivity index (χ1v) is 19.2. The van der Waals surface area contributed by atoms with E-state index in [1.54, 1.807) is 6.92 Å². The molecule has 0 radical (unpaired) electrons. The Labute approximate surface area is 332 Å². The van der Waals surface area contributed by atoms with Gasteiger partial charge in [-0.25, -0.2) is 23.5 Å². The van der Waals surface area contributed by atoms with E-state index in [9.17, 15) is 23.1 Å². The molecule has 0 atom stereocenters. The summed E-state index contributed by atoms with van der Waals surface area (Å²) in [5.74, 6) is -5.26. The molecule has 0 aliphatic carbocycles. The number of hydrogen-bond donors (Lipinski definition) is 5. The Morgan fingerprint density at radius 2 is 1.57 bits per heavy atom. The van der Waals surface area contributed by atoms with Crippen LogP contribution in [0.15, 0.2) is 60.9 Å². The van der Waals surface area contributed by atoms with Crippen molar-refractivity contribution in [3.63, 3.8) is 0 Å². The van der Waals surface area contributed by atoms with Crippen molar-refractivity contribution in [2.45, 2.75) is 71.1 Å². The maximum atomic E-state index is 16.0. The molecule has 2 aliphatic heterocycles. The van der Waals surface area contributed by atoms with Crippen LogP contribution in [0.5, 0.6) is 0 Å². The van der Waals surface area contributed by atoms with Crippen molar-refractivity contribution in [3.05, 3.63) is 94.8 Å². The van der Waals surface area contributed by atoms with Gasteiger partial charge in [-0.05, 0) is 150 Å². The van der Waals surface area contributed by atoms with E-state index in [4.69, 9.17) is 15.6 Å². The predicted octanol–water partition coefficient (Wildman–Crippen LogP) is 7.90. The van der Waals surface area contributed by atoms with Crippen LogP contribution in [0.4, 0.5) is 22.0 Å². The van der Waals surface area contributed by atoms with E-state index in [2.05, 4.69) is 49.4 Å². The van der Waals surface area contributed by atoms with Crippen LogP contribution in [-0.2, 0) is 16.8 Å². The van der Waals surface area contributed by atoms with Crippen LogP contribution < -0.4 is 11.1 Å². The highest BCUT2D eigenvalue weighted by atomic mass is 19.4. The second-order valence-electron chi connectivity index (χ2n) is 15.8. The number of carbonyl (C=O) groups excluding carboxylic acids is 1. The van der Waals surface area contributed by atoms with Crippen LogP contribution in [0, 0.1) is 24.0 Å². The summed E-state index contributed by atoms with van der Waals surface area (Å²) >= 11 is 0. The quantitative estimate of drug-likeness (QED) is 0.0942. The molecule has 58 heavy (non-hydrogen) atoms. The summed E-state index contributed by atoms with van der Waals surface area (Å²) in [7, 11) is 0. The van der Waals surface area contributed by atoms with Crippen LogP contribution in [-0.4, -0.2) is 80.8 Å². The monoisotopic (exact) mass is 806 g/mol. The van der Waals surface area contributed by atoms with Gasteiger partial charge < -0.3 is 31.1 Å². The number of aliphatic carboxylic acids is 1. The van der Waals surface area contributed by atoms with Crippen molar-refractivity contribution >= 4 is 22.9 Å². The zero-order valence-corrected chi connectivity index (χ0v) is 32.6. The van der Waals surface area contributed by atoms with Crippen molar-refractivity contribution in [1.29, 1.82) is 0 Å². The predicted molar refractivity (Wildman–Crippen MR) is 211 cm³/mol. The van der Waals surface area contributed by atoms with Crippen LogP contribution in [0.3, 0.4) is 0 Å². The Bertz CT molecular complexity index is 2290. The minimum absolute atomic E-state index is 0.0845. The Morgan fingerprint density at radius 1 is 0.931 bits per heavy atom. The maximum absolute atomic E-state index is 16.0. The van der Waals surface area contributed by atoms with Crippen LogP contribution in [0.1, 0.15) is 73.0 Å². The first kappa shape index (κ1) is 42.4. The number of amides is 1. The minimum atomic E-state index is -5.08. The first-order chi connectivity index (χ1) is 27.4. The lowest BCUT2D eigenvalue weighted by Crippen LogP contribution is -2.45. The summed E-state index contributed by atoms with van der Waals surface area (Å²) in [6.45, 7) is 10.6. The number of aromatic nitrogens is 3. The highest BCUT2D eigenvalue weighted by molar-refractivity contribution is 5.98. The van der Waals surface area contributed by atoms with Crippen LogP contribution in [0.25, 0.3) is 44.7 Å². The van der Waals surface area contributed by atoms with Crippen molar-refractivity contribution in [2.24, 2.45) is 11.1 Å². The van der Waals surface area contributed by atoms with Gasteiger partial charge in [-0.1, -0.05) is 30.3 Å². The summed E-state index contributed by atoms with van der Waals surface area (Å²) in [5, 5.41) is 22.2. The zero-order chi connectivity index (χ0) is 42.0. The lowest BCUT2D eigenvalue weighted by molar-refractivity contribution is -0.192. The number of fused-ring (bicyclic) bond motifs is 1. The van der Waals surface area contributed by atoms with Gasteiger partial charge in [0, 0.05) is 22.2 Å². The van der Waals surface area contributed by atoms with Crippen molar-refractivity contribution in [1.82, 2.24) is 25.2 Å². The molecule has 7 rings (SSSR count). The van der Waals surface area contributed by atoms with E-state index < -0.39 is 35.3 Å². The van der Waals surface area contributed by atoms with E-state index in [1.807, 2.05) is 6.07 Å². The molecule has 2 aliphatic rings. The number of aryl methyl sites for hydroxylation is 1. The number of halogens is 5. The Kier molecular flexibility index (Phi) is 12.4. The number of carbonyl (C=O) groups is 2. The summed E-state index contributed by atoms with van der Waals surface area (Å²) in [4.78, 5) is 36.0. The Hall–Kier alpha value is -5.25. The number of carboxylic acid groups (broad SMARTS) is 1. The number of nitrogens with one attached hydrogen (secondary N) is 2. The van der Waals surface area contributed by atoms with Crippen molar-refractivity contribution < 1.29 is 41.8 Å². The number of primary amides is 1. The van der Waals surface area contributed by atoms with Gasteiger partial charge >= 0.3 is 12.1 Å².